The Kier molecular flexibility index (Phi) is 2.11. The lowest BCUT2D eigenvalue weighted by Gasteiger charge is -2.04. The van der Waals surface area contributed by atoms with Crippen molar-refractivity contribution in [3.8, 4) is 5.75 Å². The van der Waals surface area contributed by atoms with Crippen molar-refractivity contribution in [2.75, 3.05) is 0 Å². The maximum Gasteiger partial charge on any atom is 0.272 e. The van der Waals surface area contributed by atoms with Crippen LogP contribution < -0.4 is 4.74 Å². The number of hydrogen-bond donors (Lipinski definition) is 0. The minimum absolute atomic E-state index is 0.146. The van der Waals surface area contributed by atoms with Crippen LogP contribution in [-0.4, -0.2) is 11.0 Å². The van der Waals surface area contributed by atoms with Crippen LogP contribution in [0.3, 0.4) is 0 Å². The molecule has 0 aromatic heterocycles. The molecule has 74 valence electrons. The van der Waals surface area contributed by atoms with Gasteiger partial charge < -0.3 is 4.74 Å². The van der Waals surface area contributed by atoms with Crippen LogP contribution in [0.15, 0.2) is 18.2 Å². The highest BCUT2D eigenvalue weighted by Crippen LogP contribution is 2.29. The van der Waals surface area contributed by atoms with E-state index in [1.165, 1.54) is 6.07 Å². The monoisotopic (exact) mass is 193 g/mol. The van der Waals surface area contributed by atoms with Crippen LogP contribution in [0, 0.1) is 17.0 Å². The summed E-state index contributed by atoms with van der Waals surface area (Å²) in [6.45, 7) is 1.72. The van der Waals surface area contributed by atoms with E-state index < -0.39 is 0 Å². The number of nitro groups is 1. The molecule has 2 rings (SSSR count). The zero-order valence-electron chi connectivity index (χ0n) is 7.90. The molecular formula is C10H11NO3. The average Bonchev–Trinajstić information content (AvgIpc) is 2.87. The number of ether oxygens (including phenoxy) is 1. The summed E-state index contributed by atoms with van der Waals surface area (Å²) in [6.07, 6.45) is 2.52. The van der Waals surface area contributed by atoms with Gasteiger partial charge in [-0.1, -0.05) is 0 Å². The summed E-state index contributed by atoms with van der Waals surface area (Å²) in [5.74, 6) is 0.732. The van der Waals surface area contributed by atoms with Crippen LogP contribution in [0.2, 0.25) is 0 Å². The van der Waals surface area contributed by atoms with E-state index in [4.69, 9.17) is 4.74 Å². The van der Waals surface area contributed by atoms with Gasteiger partial charge in [0.2, 0.25) is 0 Å². The molecule has 0 radical (unpaired) electrons. The van der Waals surface area contributed by atoms with Gasteiger partial charge >= 0.3 is 0 Å². The van der Waals surface area contributed by atoms with Crippen molar-refractivity contribution >= 4 is 5.69 Å². The highest BCUT2D eigenvalue weighted by molar-refractivity contribution is 5.44. The molecule has 14 heavy (non-hydrogen) atoms. The molecular weight excluding hydrogens is 182 g/mol. The minimum atomic E-state index is -0.379. The lowest BCUT2D eigenvalue weighted by Crippen LogP contribution is -1.97. The maximum absolute atomic E-state index is 10.5. The Hall–Kier alpha value is -1.58. The van der Waals surface area contributed by atoms with Gasteiger partial charge in [0.05, 0.1) is 11.0 Å². The molecule has 0 aliphatic heterocycles. The van der Waals surface area contributed by atoms with Crippen molar-refractivity contribution in [3.63, 3.8) is 0 Å². The largest absolute Gasteiger partial charge is 0.490 e. The van der Waals surface area contributed by atoms with Crippen LogP contribution in [0.1, 0.15) is 18.4 Å². The molecule has 1 aromatic carbocycles. The molecule has 1 saturated carbocycles. The predicted molar refractivity (Wildman–Crippen MR) is 51.5 cm³/mol. The normalized spacial score (nSPS) is 15.2. The average molecular weight is 193 g/mol. The SMILES string of the molecule is Cc1cc(OC2CC2)ccc1[N+](=O)[O-]. The fraction of sp³-hybridized carbons (Fsp3) is 0.400. The third-order valence-corrected chi connectivity index (χ3v) is 2.19. The van der Waals surface area contributed by atoms with E-state index in [2.05, 4.69) is 0 Å². The molecule has 0 unspecified atom stereocenters. The predicted octanol–water partition coefficient (Wildman–Crippen LogP) is 2.44. The fourth-order valence-corrected chi connectivity index (χ4v) is 1.28. The maximum atomic E-state index is 10.5. The van der Waals surface area contributed by atoms with Gasteiger partial charge in [-0.2, -0.15) is 0 Å². The molecule has 1 aliphatic carbocycles. The smallest absolute Gasteiger partial charge is 0.272 e. The van der Waals surface area contributed by atoms with Crippen molar-refractivity contribution in [2.24, 2.45) is 0 Å². The Bertz CT molecular complexity index is 372. The molecule has 0 atom stereocenters. The Morgan fingerprint density at radius 1 is 1.50 bits per heavy atom. The second-order valence-electron chi connectivity index (χ2n) is 3.52. The zero-order valence-corrected chi connectivity index (χ0v) is 7.90. The zero-order chi connectivity index (χ0) is 10.1. The first kappa shape index (κ1) is 8.99. The van der Waals surface area contributed by atoms with Crippen molar-refractivity contribution in [1.29, 1.82) is 0 Å². The molecule has 4 heteroatoms. The summed E-state index contributed by atoms with van der Waals surface area (Å²) < 4.78 is 5.52. The fourth-order valence-electron chi connectivity index (χ4n) is 1.28. The summed E-state index contributed by atoms with van der Waals surface area (Å²) in [6, 6.07) is 4.87. The Morgan fingerprint density at radius 2 is 2.21 bits per heavy atom. The Morgan fingerprint density at radius 3 is 2.71 bits per heavy atom. The van der Waals surface area contributed by atoms with Crippen LogP contribution in [0.4, 0.5) is 5.69 Å². The number of nitro benzene ring substituents is 1. The molecule has 0 saturated heterocycles. The topological polar surface area (TPSA) is 52.4 Å². The van der Waals surface area contributed by atoms with Gasteiger partial charge in [0.1, 0.15) is 5.75 Å². The van der Waals surface area contributed by atoms with Crippen LogP contribution >= 0.6 is 0 Å². The van der Waals surface area contributed by atoms with Crippen molar-refractivity contribution in [2.45, 2.75) is 25.9 Å². The Balaban J connectivity index is 2.20. The lowest BCUT2D eigenvalue weighted by molar-refractivity contribution is -0.385. The van der Waals surface area contributed by atoms with Crippen LogP contribution in [-0.2, 0) is 0 Å². The number of benzene rings is 1. The highest BCUT2D eigenvalue weighted by atomic mass is 16.6. The van der Waals surface area contributed by atoms with Gasteiger partial charge in [-0.15, -0.1) is 0 Å². The van der Waals surface area contributed by atoms with Crippen molar-refractivity contribution < 1.29 is 9.66 Å². The van der Waals surface area contributed by atoms with Crippen LogP contribution in [0.5, 0.6) is 5.75 Å². The van der Waals surface area contributed by atoms with Gasteiger partial charge in [-0.3, -0.25) is 10.1 Å². The number of hydrogen-bond acceptors (Lipinski definition) is 3. The van der Waals surface area contributed by atoms with E-state index in [1.54, 1.807) is 19.1 Å². The first-order valence-corrected chi connectivity index (χ1v) is 4.58. The van der Waals surface area contributed by atoms with Crippen molar-refractivity contribution in [3.05, 3.63) is 33.9 Å². The second kappa shape index (κ2) is 3.29. The molecule has 4 nitrogen and oxygen atoms in total. The van der Waals surface area contributed by atoms with Crippen molar-refractivity contribution in [1.82, 2.24) is 0 Å². The van der Waals surface area contributed by atoms with Crippen LogP contribution in [0.25, 0.3) is 0 Å². The molecule has 1 aliphatic rings. The van der Waals surface area contributed by atoms with Gasteiger partial charge in [0, 0.05) is 11.6 Å². The van der Waals surface area contributed by atoms with E-state index in [0.717, 1.165) is 18.6 Å². The van der Waals surface area contributed by atoms with Gasteiger partial charge in [-0.25, -0.2) is 0 Å². The van der Waals surface area contributed by atoms with Gasteiger partial charge in [0.25, 0.3) is 5.69 Å². The minimum Gasteiger partial charge on any atom is -0.490 e. The van der Waals surface area contributed by atoms with E-state index in [0.29, 0.717) is 11.7 Å². The molecule has 0 spiro atoms. The summed E-state index contributed by atoms with van der Waals surface area (Å²) in [5.41, 5.74) is 0.793. The molecule has 0 N–H and O–H groups in total. The number of aryl methyl sites for hydroxylation is 1. The first-order chi connectivity index (χ1) is 6.66. The number of rotatable bonds is 3. The van der Waals surface area contributed by atoms with Gasteiger partial charge in [0.15, 0.2) is 0 Å². The third kappa shape index (κ3) is 1.84. The lowest BCUT2D eigenvalue weighted by atomic mass is 10.2. The third-order valence-electron chi connectivity index (χ3n) is 2.19. The summed E-state index contributed by atoms with van der Waals surface area (Å²) in [7, 11) is 0. The van der Waals surface area contributed by atoms with E-state index >= 15 is 0 Å². The summed E-state index contributed by atoms with van der Waals surface area (Å²) in [5, 5.41) is 10.5. The summed E-state index contributed by atoms with van der Waals surface area (Å²) in [4.78, 5) is 10.2. The van der Waals surface area contributed by atoms with E-state index in [1.807, 2.05) is 0 Å². The number of nitrogens with zero attached hydrogens (tertiary/aromatic N) is 1. The van der Waals surface area contributed by atoms with E-state index in [-0.39, 0.29) is 10.6 Å². The highest BCUT2D eigenvalue weighted by Gasteiger charge is 2.24. The molecule has 0 bridgehead atoms. The van der Waals surface area contributed by atoms with Gasteiger partial charge in [-0.05, 0) is 31.9 Å². The molecule has 0 amide bonds. The quantitative estimate of drug-likeness (QED) is 0.547. The standard InChI is InChI=1S/C10H11NO3/c1-7-6-9(14-8-2-3-8)4-5-10(7)11(12)13/h4-6,8H,2-3H2,1H3. The first-order valence-electron chi connectivity index (χ1n) is 4.58. The molecule has 1 aromatic rings. The molecule has 0 heterocycles. The summed E-state index contributed by atoms with van der Waals surface area (Å²) >= 11 is 0. The molecule has 1 fully saturated rings. The van der Waals surface area contributed by atoms with E-state index in [9.17, 15) is 10.1 Å². The second-order valence-corrected chi connectivity index (χ2v) is 3.52. The Labute approximate surface area is 81.7 Å².